The number of rotatable bonds is 4. The van der Waals surface area contributed by atoms with E-state index in [-0.39, 0.29) is 11.9 Å². The third-order valence-corrected chi connectivity index (χ3v) is 5.11. The molecule has 1 saturated heterocycles. The number of halogens is 1. The van der Waals surface area contributed by atoms with Crippen LogP contribution in [0.15, 0.2) is 61.2 Å². The summed E-state index contributed by atoms with van der Waals surface area (Å²) in [7, 11) is 0. The third kappa shape index (κ3) is 3.86. The summed E-state index contributed by atoms with van der Waals surface area (Å²) in [4.78, 5) is 19.2. The summed E-state index contributed by atoms with van der Waals surface area (Å²) in [5, 5.41) is 8.40. The van der Waals surface area contributed by atoms with Gasteiger partial charge in [-0.05, 0) is 23.3 Å². The maximum atomic E-state index is 13.1. The van der Waals surface area contributed by atoms with Crippen LogP contribution in [-0.4, -0.2) is 45.2 Å². The molecule has 4 rings (SSSR count). The van der Waals surface area contributed by atoms with Crippen LogP contribution in [0.4, 0.5) is 0 Å². The lowest BCUT2D eigenvalue weighted by Crippen LogP contribution is -2.48. The van der Waals surface area contributed by atoms with E-state index in [1.165, 1.54) is 0 Å². The third-order valence-electron chi connectivity index (χ3n) is 4.74. The molecule has 138 valence electrons. The van der Waals surface area contributed by atoms with E-state index in [1.54, 1.807) is 23.3 Å². The summed E-state index contributed by atoms with van der Waals surface area (Å²) in [5.41, 5.74) is 2.58. The Morgan fingerprint density at radius 2 is 2.11 bits per heavy atom. The second-order valence-electron chi connectivity index (χ2n) is 6.52. The normalized spacial score (nSPS) is 17.1. The molecule has 2 aromatic heterocycles. The monoisotopic (exact) mass is 381 g/mol. The zero-order valence-electron chi connectivity index (χ0n) is 14.8. The number of piperazine rings is 1. The number of amides is 1. The zero-order valence-corrected chi connectivity index (χ0v) is 15.5. The van der Waals surface area contributed by atoms with Crippen molar-refractivity contribution in [2.24, 2.45) is 0 Å². The molecule has 1 fully saturated rings. The Labute approximate surface area is 162 Å². The van der Waals surface area contributed by atoms with Crippen LogP contribution in [0.25, 0.3) is 0 Å². The molecule has 1 aliphatic heterocycles. The summed E-state index contributed by atoms with van der Waals surface area (Å²) in [6, 6.07) is 11.5. The Morgan fingerprint density at radius 3 is 2.93 bits per heavy atom. The highest BCUT2D eigenvalue weighted by molar-refractivity contribution is 6.31. The number of carbonyl (C=O) groups excluding carboxylic acids is 1. The van der Waals surface area contributed by atoms with Gasteiger partial charge in [-0.1, -0.05) is 35.9 Å². The lowest BCUT2D eigenvalue weighted by molar-refractivity contribution is 0.0634. The van der Waals surface area contributed by atoms with Gasteiger partial charge < -0.3 is 10.2 Å². The molecule has 0 aliphatic carbocycles. The smallest absolute Gasteiger partial charge is 0.257 e. The first-order valence-corrected chi connectivity index (χ1v) is 9.27. The standard InChI is InChI=1S/C20H20ClN5O/c21-18-6-2-1-4-16(18)13-25-14-17(11-24-25)20(27)26-9-8-23-12-19(26)15-5-3-7-22-10-15/h1-7,10-11,14,19,23H,8-9,12-13H2. The Hall–Kier alpha value is -2.70. The fraction of sp³-hybridized carbons (Fsp3) is 0.250. The number of nitrogens with one attached hydrogen (secondary N) is 1. The van der Waals surface area contributed by atoms with Gasteiger partial charge in [-0.25, -0.2) is 0 Å². The molecule has 27 heavy (non-hydrogen) atoms. The molecular formula is C20H20ClN5O. The number of hydrogen-bond acceptors (Lipinski definition) is 4. The predicted octanol–water partition coefficient (Wildman–Crippen LogP) is 2.77. The lowest BCUT2D eigenvalue weighted by Gasteiger charge is -2.36. The maximum absolute atomic E-state index is 13.1. The van der Waals surface area contributed by atoms with Crippen molar-refractivity contribution >= 4 is 17.5 Å². The Balaban J connectivity index is 1.53. The van der Waals surface area contributed by atoms with Crippen LogP contribution in [0.5, 0.6) is 0 Å². The van der Waals surface area contributed by atoms with Crippen molar-refractivity contribution < 1.29 is 4.79 Å². The minimum absolute atomic E-state index is 0.0178. The van der Waals surface area contributed by atoms with Gasteiger partial charge in [0, 0.05) is 43.2 Å². The molecular weight excluding hydrogens is 362 g/mol. The van der Waals surface area contributed by atoms with Crippen LogP contribution < -0.4 is 5.32 Å². The average Bonchev–Trinajstić information content (AvgIpc) is 3.18. The highest BCUT2D eigenvalue weighted by Crippen LogP contribution is 2.23. The van der Waals surface area contributed by atoms with Crippen molar-refractivity contribution in [1.82, 2.24) is 25.0 Å². The number of nitrogens with zero attached hydrogens (tertiary/aromatic N) is 4. The molecule has 0 spiro atoms. The van der Waals surface area contributed by atoms with Gasteiger partial charge in [0.25, 0.3) is 5.91 Å². The van der Waals surface area contributed by atoms with Crippen LogP contribution in [0.1, 0.15) is 27.5 Å². The fourth-order valence-electron chi connectivity index (χ4n) is 3.35. The average molecular weight is 382 g/mol. The molecule has 1 amide bonds. The van der Waals surface area contributed by atoms with Gasteiger partial charge >= 0.3 is 0 Å². The van der Waals surface area contributed by atoms with Crippen molar-refractivity contribution in [3.05, 3.63) is 82.9 Å². The largest absolute Gasteiger partial charge is 0.329 e. The first kappa shape index (κ1) is 17.7. The van der Waals surface area contributed by atoms with E-state index in [4.69, 9.17) is 11.6 Å². The lowest BCUT2D eigenvalue weighted by atomic mass is 10.0. The molecule has 3 aromatic rings. The molecule has 0 radical (unpaired) electrons. The molecule has 6 nitrogen and oxygen atoms in total. The number of aromatic nitrogens is 3. The van der Waals surface area contributed by atoms with Gasteiger partial charge in [-0.15, -0.1) is 0 Å². The van der Waals surface area contributed by atoms with E-state index >= 15 is 0 Å². The zero-order chi connectivity index (χ0) is 18.6. The summed E-state index contributed by atoms with van der Waals surface area (Å²) in [6.07, 6.45) is 6.97. The molecule has 1 aromatic carbocycles. The molecule has 1 aliphatic rings. The molecule has 7 heteroatoms. The summed E-state index contributed by atoms with van der Waals surface area (Å²) in [5.74, 6) is -0.0178. The summed E-state index contributed by atoms with van der Waals surface area (Å²) in [6.45, 7) is 2.66. The number of pyridine rings is 1. The fourth-order valence-corrected chi connectivity index (χ4v) is 3.54. The molecule has 0 bridgehead atoms. The second kappa shape index (κ2) is 7.90. The van der Waals surface area contributed by atoms with Crippen molar-refractivity contribution in [2.75, 3.05) is 19.6 Å². The van der Waals surface area contributed by atoms with Crippen LogP contribution in [0.3, 0.4) is 0 Å². The Kier molecular flexibility index (Phi) is 5.18. The number of hydrogen-bond donors (Lipinski definition) is 1. The molecule has 1 N–H and O–H groups in total. The first-order valence-electron chi connectivity index (χ1n) is 8.90. The SMILES string of the molecule is O=C(c1cnn(Cc2ccccc2Cl)c1)N1CCNCC1c1cccnc1. The second-order valence-corrected chi connectivity index (χ2v) is 6.93. The Morgan fingerprint density at radius 1 is 1.22 bits per heavy atom. The quantitative estimate of drug-likeness (QED) is 0.754. The molecule has 1 atom stereocenters. The van der Waals surface area contributed by atoms with Crippen molar-refractivity contribution in [3.63, 3.8) is 0 Å². The van der Waals surface area contributed by atoms with Crippen LogP contribution in [-0.2, 0) is 6.54 Å². The van der Waals surface area contributed by atoms with E-state index < -0.39 is 0 Å². The van der Waals surface area contributed by atoms with Gasteiger partial charge in [-0.3, -0.25) is 14.5 Å². The number of benzene rings is 1. The Bertz CT molecular complexity index is 927. The highest BCUT2D eigenvalue weighted by atomic mass is 35.5. The number of carbonyl (C=O) groups is 1. The predicted molar refractivity (Wildman–Crippen MR) is 104 cm³/mol. The van der Waals surface area contributed by atoms with E-state index in [2.05, 4.69) is 15.4 Å². The van der Waals surface area contributed by atoms with Crippen LogP contribution in [0.2, 0.25) is 5.02 Å². The van der Waals surface area contributed by atoms with Gasteiger partial charge in [0.2, 0.25) is 0 Å². The van der Waals surface area contributed by atoms with Crippen molar-refractivity contribution in [1.29, 1.82) is 0 Å². The topological polar surface area (TPSA) is 63.1 Å². The molecule has 3 heterocycles. The van der Waals surface area contributed by atoms with E-state index in [0.717, 1.165) is 17.7 Å². The summed E-state index contributed by atoms with van der Waals surface area (Å²) < 4.78 is 1.75. The molecule has 1 unspecified atom stereocenters. The highest BCUT2D eigenvalue weighted by Gasteiger charge is 2.29. The van der Waals surface area contributed by atoms with E-state index in [1.807, 2.05) is 47.5 Å². The maximum Gasteiger partial charge on any atom is 0.257 e. The van der Waals surface area contributed by atoms with Gasteiger partial charge in [-0.2, -0.15) is 5.10 Å². The summed E-state index contributed by atoms with van der Waals surface area (Å²) >= 11 is 6.22. The van der Waals surface area contributed by atoms with Gasteiger partial charge in [0.15, 0.2) is 0 Å². The van der Waals surface area contributed by atoms with Crippen molar-refractivity contribution in [3.8, 4) is 0 Å². The van der Waals surface area contributed by atoms with E-state index in [9.17, 15) is 4.79 Å². The van der Waals surface area contributed by atoms with Crippen molar-refractivity contribution in [2.45, 2.75) is 12.6 Å². The first-order chi connectivity index (χ1) is 13.2. The van der Waals surface area contributed by atoms with Gasteiger partial charge in [0.05, 0.1) is 24.3 Å². The van der Waals surface area contributed by atoms with E-state index in [0.29, 0.717) is 30.2 Å². The minimum Gasteiger partial charge on any atom is -0.329 e. The van der Waals surface area contributed by atoms with Crippen LogP contribution >= 0.6 is 11.6 Å². The minimum atomic E-state index is -0.0353. The van der Waals surface area contributed by atoms with Crippen LogP contribution in [0, 0.1) is 0 Å². The molecule has 0 saturated carbocycles. The van der Waals surface area contributed by atoms with Gasteiger partial charge in [0.1, 0.15) is 0 Å².